The zero-order valence-corrected chi connectivity index (χ0v) is 26.1. The lowest BCUT2D eigenvalue weighted by molar-refractivity contribution is -0.156. The second-order valence-electron chi connectivity index (χ2n) is 14.3. The third kappa shape index (κ3) is 4.20. The molecule has 0 aromatic heterocycles. The lowest BCUT2D eigenvalue weighted by Crippen LogP contribution is -2.47. The first-order valence-corrected chi connectivity index (χ1v) is 15.7. The topological polar surface area (TPSA) is 125 Å². The lowest BCUT2D eigenvalue weighted by atomic mass is 9.56. The maximum absolute atomic E-state index is 14.2. The van der Waals surface area contributed by atoms with Crippen molar-refractivity contribution < 1.29 is 43.2 Å². The van der Waals surface area contributed by atoms with Crippen LogP contribution in [0.4, 0.5) is 0 Å². The Morgan fingerprint density at radius 2 is 1.88 bits per heavy atom. The molecule has 6 aliphatic rings. The number of ether oxygens (including phenoxy) is 4. The lowest BCUT2D eigenvalue weighted by Gasteiger charge is -2.44. The Labute approximate surface area is 253 Å². The highest BCUT2D eigenvalue weighted by Crippen LogP contribution is 2.75. The van der Waals surface area contributed by atoms with E-state index in [1.54, 1.807) is 6.92 Å². The van der Waals surface area contributed by atoms with Crippen molar-refractivity contribution in [2.45, 2.75) is 104 Å². The van der Waals surface area contributed by atoms with Crippen LogP contribution in [0.15, 0.2) is 34.9 Å². The minimum Gasteiger partial charge on any atom is -0.466 e. The maximum atomic E-state index is 14.2. The Balaban J connectivity index is 1.42. The van der Waals surface area contributed by atoms with Gasteiger partial charge >= 0.3 is 23.9 Å². The van der Waals surface area contributed by atoms with Crippen LogP contribution >= 0.6 is 0 Å². The summed E-state index contributed by atoms with van der Waals surface area (Å²) in [4.78, 5) is 50.5. The summed E-state index contributed by atoms with van der Waals surface area (Å²) in [6.45, 7) is 15.2. The van der Waals surface area contributed by atoms with Crippen LogP contribution in [0.1, 0.15) is 80.1 Å². The predicted molar refractivity (Wildman–Crippen MR) is 154 cm³/mol. The highest BCUT2D eigenvalue weighted by atomic mass is 16.6. The SMILES string of the molecule is C=C1C(=O)O[C@H]2C[C@H](C)[C@@]34C[C@@]5(C(=O)O[C@@H]6C[C@](C)(O)C([C@@H](C)CCCOC(C)=O)=C[C@@H]65)[C@@H](C(C)=C3C[C@H]12)C4OC(C)=O. The largest absolute Gasteiger partial charge is 0.466 e. The molecule has 9 nitrogen and oxygen atoms in total. The van der Waals surface area contributed by atoms with E-state index in [-0.39, 0.29) is 66.0 Å². The van der Waals surface area contributed by atoms with Crippen molar-refractivity contribution >= 4 is 23.9 Å². The van der Waals surface area contributed by atoms with Crippen LogP contribution in [0, 0.1) is 40.4 Å². The van der Waals surface area contributed by atoms with E-state index in [1.807, 2.05) is 0 Å². The molecule has 6 rings (SSSR count). The number of carbonyl (C=O) groups excluding carboxylic acids is 4. The van der Waals surface area contributed by atoms with Gasteiger partial charge in [0.15, 0.2) is 0 Å². The van der Waals surface area contributed by atoms with Gasteiger partial charge in [0.1, 0.15) is 18.3 Å². The molecule has 11 atom stereocenters. The summed E-state index contributed by atoms with van der Waals surface area (Å²) in [6.07, 6.45) is 4.07. The molecule has 2 bridgehead atoms. The van der Waals surface area contributed by atoms with Crippen LogP contribution in [0.2, 0.25) is 0 Å². The van der Waals surface area contributed by atoms with E-state index in [0.29, 0.717) is 44.3 Å². The molecule has 234 valence electrons. The van der Waals surface area contributed by atoms with E-state index in [9.17, 15) is 24.3 Å². The summed E-state index contributed by atoms with van der Waals surface area (Å²) < 4.78 is 23.2. The molecule has 0 aromatic rings. The average Bonchev–Trinajstić information content (AvgIpc) is 3.48. The Hall–Kier alpha value is -2.94. The van der Waals surface area contributed by atoms with E-state index in [1.165, 1.54) is 13.8 Å². The van der Waals surface area contributed by atoms with Gasteiger partial charge in [0.2, 0.25) is 0 Å². The molecule has 0 amide bonds. The average molecular weight is 597 g/mol. The standard InChI is InChI=1S/C34H44O9/c1-16(9-8-10-40-20(5)35)23-13-25-27(14-32(23,7)39)43-31(38)34(25)15-33-17(2)11-26-22(18(3)30(37)42-26)12-24(33)19(4)28(34)29(33)41-21(6)36/h13,16-17,22,25-29,39H,3,8-12,14-15H2,1-2,4-7H3/t16-,17-,22+,25-,26-,27+,28-,29?,32-,33-,34-/m0/s1. The van der Waals surface area contributed by atoms with Crippen molar-refractivity contribution in [1.82, 2.24) is 0 Å². The van der Waals surface area contributed by atoms with Crippen LogP contribution in [-0.2, 0) is 38.1 Å². The molecule has 2 heterocycles. The number of hydrogen-bond acceptors (Lipinski definition) is 9. The molecule has 9 heteroatoms. The Bertz CT molecular complexity index is 1360. The molecule has 2 aliphatic heterocycles. The smallest absolute Gasteiger partial charge is 0.334 e. The van der Waals surface area contributed by atoms with Gasteiger partial charge in [0.05, 0.1) is 17.6 Å². The fraction of sp³-hybridized carbons (Fsp3) is 0.706. The summed E-state index contributed by atoms with van der Waals surface area (Å²) in [5, 5.41) is 11.6. The third-order valence-corrected chi connectivity index (χ3v) is 11.9. The third-order valence-electron chi connectivity index (χ3n) is 11.9. The highest BCUT2D eigenvalue weighted by molar-refractivity contribution is 5.91. The Morgan fingerprint density at radius 1 is 1.16 bits per heavy atom. The molecule has 2 saturated heterocycles. The van der Waals surface area contributed by atoms with Crippen molar-refractivity contribution in [3.63, 3.8) is 0 Å². The van der Waals surface area contributed by atoms with Crippen molar-refractivity contribution in [3.8, 4) is 0 Å². The molecule has 2 spiro atoms. The van der Waals surface area contributed by atoms with E-state index < -0.39 is 28.6 Å². The van der Waals surface area contributed by atoms with E-state index in [4.69, 9.17) is 18.9 Å². The van der Waals surface area contributed by atoms with E-state index in [0.717, 1.165) is 16.7 Å². The van der Waals surface area contributed by atoms with Crippen LogP contribution in [-0.4, -0.2) is 59.5 Å². The Morgan fingerprint density at radius 3 is 2.56 bits per heavy atom. The minimum absolute atomic E-state index is 0.00985. The summed E-state index contributed by atoms with van der Waals surface area (Å²) >= 11 is 0. The van der Waals surface area contributed by atoms with E-state index >= 15 is 0 Å². The van der Waals surface area contributed by atoms with Crippen molar-refractivity contribution in [1.29, 1.82) is 0 Å². The first-order chi connectivity index (χ1) is 20.1. The molecule has 0 radical (unpaired) electrons. The maximum Gasteiger partial charge on any atom is 0.334 e. The van der Waals surface area contributed by atoms with Gasteiger partial charge in [-0.2, -0.15) is 0 Å². The number of fused-ring (bicyclic) bond motifs is 5. The Kier molecular flexibility index (Phi) is 7.03. The summed E-state index contributed by atoms with van der Waals surface area (Å²) in [6, 6.07) is 0. The van der Waals surface area contributed by atoms with E-state index in [2.05, 4.69) is 33.4 Å². The van der Waals surface area contributed by atoms with Crippen LogP contribution < -0.4 is 0 Å². The highest BCUT2D eigenvalue weighted by Gasteiger charge is 2.78. The van der Waals surface area contributed by atoms with Gasteiger partial charge < -0.3 is 24.1 Å². The molecule has 4 aliphatic carbocycles. The second-order valence-corrected chi connectivity index (χ2v) is 14.3. The van der Waals surface area contributed by atoms with Crippen LogP contribution in [0.25, 0.3) is 0 Å². The number of hydrogen-bond donors (Lipinski definition) is 1. The fourth-order valence-electron chi connectivity index (χ4n) is 10.2. The zero-order chi connectivity index (χ0) is 31.2. The minimum atomic E-state index is -1.16. The number of esters is 4. The molecule has 0 aromatic carbocycles. The molecule has 1 N–H and O–H groups in total. The number of rotatable bonds is 6. The number of carbonyl (C=O) groups is 4. The molecule has 4 fully saturated rings. The van der Waals surface area contributed by atoms with Crippen molar-refractivity contribution in [3.05, 3.63) is 34.9 Å². The van der Waals surface area contributed by atoms with Gasteiger partial charge in [0.25, 0.3) is 0 Å². The molecular formula is C34H44O9. The van der Waals surface area contributed by atoms with Gasteiger partial charge in [-0.15, -0.1) is 0 Å². The van der Waals surface area contributed by atoms with Crippen LogP contribution in [0.5, 0.6) is 0 Å². The van der Waals surface area contributed by atoms with Gasteiger partial charge in [-0.05, 0) is 63.4 Å². The monoisotopic (exact) mass is 596 g/mol. The predicted octanol–water partition coefficient (Wildman–Crippen LogP) is 4.37. The van der Waals surface area contributed by atoms with Gasteiger partial charge in [-0.1, -0.05) is 37.6 Å². The summed E-state index contributed by atoms with van der Waals surface area (Å²) in [7, 11) is 0. The second kappa shape index (κ2) is 10.0. The molecule has 43 heavy (non-hydrogen) atoms. The molecule has 1 unspecified atom stereocenters. The molecular weight excluding hydrogens is 552 g/mol. The fourth-order valence-corrected chi connectivity index (χ4v) is 10.2. The van der Waals surface area contributed by atoms with Crippen molar-refractivity contribution in [2.75, 3.05) is 6.61 Å². The van der Waals surface area contributed by atoms with Crippen molar-refractivity contribution in [2.24, 2.45) is 40.4 Å². The van der Waals surface area contributed by atoms with Crippen LogP contribution in [0.3, 0.4) is 0 Å². The normalized spacial score (nSPS) is 43.4. The summed E-state index contributed by atoms with van der Waals surface area (Å²) in [5.74, 6) is -2.20. The first-order valence-electron chi connectivity index (χ1n) is 15.7. The number of aliphatic hydroxyl groups is 1. The quantitative estimate of drug-likeness (QED) is 0.156. The van der Waals surface area contributed by atoms with Gasteiger partial charge in [0, 0.05) is 49.0 Å². The van der Waals surface area contributed by atoms with Gasteiger partial charge in [-0.3, -0.25) is 14.4 Å². The zero-order valence-electron chi connectivity index (χ0n) is 26.1. The first kappa shape index (κ1) is 30.1. The summed E-state index contributed by atoms with van der Waals surface area (Å²) in [5.41, 5.74) is 0.848. The van der Waals surface area contributed by atoms with Gasteiger partial charge in [-0.25, -0.2) is 4.79 Å². The molecule has 2 saturated carbocycles.